The van der Waals surface area contributed by atoms with Gasteiger partial charge in [-0.1, -0.05) is 12.1 Å². The Morgan fingerprint density at radius 2 is 2.14 bits per heavy atom. The molecular formula is C20H21N7O. The van der Waals surface area contributed by atoms with Crippen molar-refractivity contribution in [2.45, 2.75) is 25.5 Å². The van der Waals surface area contributed by atoms with Crippen LogP contribution < -0.4 is 5.32 Å². The van der Waals surface area contributed by atoms with Gasteiger partial charge in [-0.3, -0.25) is 4.68 Å². The minimum absolute atomic E-state index is 0.00767. The molecule has 0 spiro atoms. The van der Waals surface area contributed by atoms with Crippen LogP contribution in [0.1, 0.15) is 25.5 Å². The molecule has 0 saturated carbocycles. The molecule has 1 saturated heterocycles. The van der Waals surface area contributed by atoms with E-state index in [1.807, 2.05) is 36.3 Å². The maximum absolute atomic E-state index is 5.92. The molecule has 4 heterocycles. The van der Waals surface area contributed by atoms with Crippen LogP contribution in [0.5, 0.6) is 0 Å². The zero-order chi connectivity index (χ0) is 18.9. The van der Waals surface area contributed by atoms with E-state index in [1.165, 1.54) is 6.42 Å². The van der Waals surface area contributed by atoms with Crippen LogP contribution in [0.2, 0.25) is 0 Å². The van der Waals surface area contributed by atoms with Gasteiger partial charge in [0.2, 0.25) is 5.95 Å². The summed E-state index contributed by atoms with van der Waals surface area (Å²) in [5, 5.41) is 13.1. The first-order chi connectivity index (χ1) is 13.8. The fourth-order valence-electron chi connectivity index (χ4n) is 3.52. The number of nitrogens with zero attached hydrogens (tertiary/aromatic N) is 6. The van der Waals surface area contributed by atoms with E-state index >= 15 is 0 Å². The molecule has 0 amide bonds. The Labute approximate surface area is 162 Å². The highest BCUT2D eigenvalue weighted by Gasteiger charge is 2.19. The lowest BCUT2D eigenvalue weighted by Crippen LogP contribution is -2.18. The molecule has 0 radical (unpaired) electrons. The molecule has 1 fully saturated rings. The first-order valence-electron chi connectivity index (χ1n) is 9.45. The molecule has 1 N–H and O–H groups in total. The fourth-order valence-corrected chi connectivity index (χ4v) is 3.52. The van der Waals surface area contributed by atoms with Crippen molar-refractivity contribution in [2.75, 3.05) is 11.9 Å². The van der Waals surface area contributed by atoms with Gasteiger partial charge in [0.15, 0.2) is 12.0 Å². The molecule has 1 unspecified atom stereocenters. The Morgan fingerprint density at radius 1 is 1.18 bits per heavy atom. The molecular weight excluding hydrogens is 354 g/mol. The monoisotopic (exact) mass is 375 g/mol. The van der Waals surface area contributed by atoms with E-state index in [0.717, 1.165) is 41.6 Å². The third-order valence-corrected chi connectivity index (χ3v) is 4.93. The Morgan fingerprint density at radius 3 is 2.96 bits per heavy atom. The predicted molar refractivity (Wildman–Crippen MR) is 106 cm³/mol. The van der Waals surface area contributed by atoms with Gasteiger partial charge in [-0.05, 0) is 31.4 Å². The van der Waals surface area contributed by atoms with Gasteiger partial charge >= 0.3 is 0 Å². The number of rotatable bonds is 4. The molecule has 3 aromatic heterocycles. The van der Waals surface area contributed by atoms with E-state index in [0.29, 0.717) is 11.8 Å². The molecule has 5 rings (SSSR count). The molecule has 1 aliphatic rings. The molecule has 1 aromatic carbocycles. The number of aromatic nitrogens is 6. The number of ether oxygens (including phenoxy) is 1. The van der Waals surface area contributed by atoms with Crippen molar-refractivity contribution in [1.29, 1.82) is 0 Å². The summed E-state index contributed by atoms with van der Waals surface area (Å²) in [5.74, 6) is 1.23. The molecule has 142 valence electrons. The summed E-state index contributed by atoms with van der Waals surface area (Å²) >= 11 is 0. The van der Waals surface area contributed by atoms with Crippen molar-refractivity contribution < 1.29 is 4.74 Å². The second-order valence-corrected chi connectivity index (χ2v) is 6.95. The first-order valence-corrected chi connectivity index (χ1v) is 9.45. The lowest BCUT2D eigenvalue weighted by Gasteiger charge is -2.23. The highest BCUT2D eigenvalue weighted by molar-refractivity contribution is 5.84. The second kappa shape index (κ2) is 7.05. The van der Waals surface area contributed by atoms with E-state index in [9.17, 15) is 0 Å². The third-order valence-electron chi connectivity index (χ3n) is 4.93. The lowest BCUT2D eigenvalue weighted by molar-refractivity contribution is -0.0366. The topological polar surface area (TPSA) is 82.7 Å². The third kappa shape index (κ3) is 3.22. The van der Waals surface area contributed by atoms with Crippen molar-refractivity contribution in [3.05, 3.63) is 48.9 Å². The van der Waals surface area contributed by atoms with Gasteiger partial charge in [-0.25, -0.2) is 14.6 Å². The lowest BCUT2D eigenvalue weighted by atomic mass is 10.1. The number of aryl methyl sites for hydroxylation is 1. The summed E-state index contributed by atoms with van der Waals surface area (Å²) in [5.41, 5.74) is 2.91. The molecule has 0 aliphatic carbocycles. The van der Waals surface area contributed by atoms with Crippen LogP contribution >= 0.6 is 0 Å². The summed E-state index contributed by atoms with van der Waals surface area (Å²) in [6, 6.07) is 10.0. The van der Waals surface area contributed by atoms with Gasteiger partial charge in [0.05, 0.1) is 17.4 Å². The summed E-state index contributed by atoms with van der Waals surface area (Å²) in [7, 11) is 1.87. The van der Waals surface area contributed by atoms with Crippen LogP contribution in [-0.4, -0.2) is 36.1 Å². The zero-order valence-electron chi connectivity index (χ0n) is 15.6. The average Bonchev–Trinajstić information content (AvgIpc) is 3.34. The minimum Gasteiger partial charge on any atom is -0.356 e. The highest BCUT2D eigenvalue weighted by atomic mass is 16.5. The number of benzene rings is 1. The molecule has 1 atom stereocenters. The Bertz CT molecular complexity index is 1110. The second-order valence-electron chi connectivity index (χ2n) is 6.95. The largest absolute Gasteiger partial charge is 0.356 e. The number of hydrogen-bond acceptors (Lipinski definition) is 6. The van der Waals surface area contributed by atoms with Crippen LogP contribution in [-0.2, 0) is 11.8 Å². The molecule has 28 heavy (non-hydrogen) atoms. The van der Waals surface area contributed by atoms with Crippen LogP contribution in [0.25, 0.3) is 22.2 Å². The van der Waals surface area contributed by atoms with Crippen molar-refractivity contribution in [3.8, 4) is 11.3 Å². The summed E-state index contributed by atoms with van der Waals surface area (Å²) in [6.07, 6.45) is 8.80. The van der Waals surface area contributed by atoms with Gasteiger partial charge in [-0.15, -0.1) is 0 Å². The van der Waals surface area contributed by atoms with Gasteiger partial charge in [0.25, 0.3) is 0 Å². The predicted octanol–water partition coefficient (Wildman–Crippen LogP) is 3.67. The van der Waals surface area contributed by atoms with Crippen LogP contribution in [0, 0.1) is 0 Å². The molecule has 0 bridgehead atoms. The number of nitrogens with one attached hydrogen (secondary N) is 1. The highest BCUT2D eigenvalue weighted by Crippen LogP contribution is 2.29. The molecule has 4 aromatic rings. The van der Waals surface area contributed by atoms with E-state index in [4.69, 9.17) is 4.74 Å². The Balaban J connectivity index is 1.48. The van der Waals surface area contributed by atoms with E-state index < -0.39 is 0 Å². The SMILES string of the molecule is Cn1ccc(Nc2nccc(-c3ccc4cnn(C5CCCCO5)c4c3)n2)n1. The van der Waals surface area contributed by atoms with Crippen molar-refractivity contribution in [3.63, 3.8) is 0 Å². The number of fused-ring (bicyclic) bond motifs is 1. The number of hydrogen-bond donors (Lipinski definition) is 1. The zero-order valence-corrected chi connectivity index (χ0v) is 15.6. The van der Waals surface area contributed by atoms with Gasteiger partial charge in [0, 0.05) is 43.1 Å². The Hall–Kier alpha value is -3.26. The van der Waals surface area contributed by atoms with E-state index in [-0.39, 0.29) is 6.23 Å². The average molecular weight is 375 g/mol. The summed E-state index contributed by atoms with van der Waals surface area (Å²) in [4.78, 5) is 8.95. The van der Waals surface area contributed by atoms with Gasteiger partial charge < -0.3 is 10.1 Å². The van der Waals surface area contributed by atoms with Crippen LogP contribution in [0.3, 0.4) is 0 Å². The summed E-state index contributed by atoms with van der Waals surface area (Å²) < 4.78 is 9.64. The molecule has 1 aliphatic heterocycles. The van der Waals surface area contributed by atoms with Crippen LogP contribution in [0.15, 0.2) is 48.9 Å². The smallest absolute Gasteiger partial charge is 0.228 e. The maximum Gasteiger partial charge on any atom is 0.228 e. The normalized spacial score (nSPS) is 17.1. The fraction of sp³-hybridized carbons (Fsp3) is 0.300. The maximum atomic E-state index is 5.92. The summed E-state index contributed by atoms with van der Waals surface area (Å²) in [6.45, 7) is 0.792. The standard InChI is InChI=1S/C20H21N7O/c1-26-10-8-18(25-26)24-20-21-9-7-16(23-20)14-5-6-15-13-22-27(17(15)12-14)19-4-2-3-11-28-19/h5-10,12-13,19H,2-4,11H2,1H3,(H,21,23,24,25). The number of anilines is 2. The van der Waals surface area contributed by atoms with E-state index in [2.05, 4.69) is 43.7 Å². The quantitative estimate of drug-likeness (QED) is 0.586. The van der Waals surface area contributed by atoms with Gasteiger partial charge in [0.1, 0.15) is 0 Å². The minimum atomic E-state index is 0.00767. The van der Waals surface area contributed by atoms with Crippen LogP contribution in [0.4, 0.5) is 11.8 Å². The molecule has 8 nitrogen and oxygen atoms in total. The molecule has 8 heteroatoms. The van der Waals surface area contributed by atoms with Gasteiger partial charge in [-0.2, -0.15) is 10.2 Å². The first kappa shape index (κ1) is 16.9. The van der Waals surface area contributed by atoms with E-state index in [1.54, 1.807) is 10.9 Å². The Kier molecular flexibility index (Phi) is 4.25. The van der Waals surface area contributed by atoms with Crippen molar-refractivity contribution in [1.82, 2.24) is 29.5 Å². The van der Waals surface area contributed by atoms with Crippen molar-refractivity contribution in [2.24, 2.45) is 7.05 Å². The van der Waals surface area contributed by atoms with Crippen molar-refractivity contribution >= 4 is 22.7 Å².